The van der Waals surface area contributed by atoms with Crippen LogP contribution >= 0.6 is 11.8 Å². The number of aryl methyl sites for hydroxylation is 1. The van der Waals surface area contributed by atoms with E-state index in [1.54, 1.807) is 0 Å². The second-order valence-electron chi connectivity index (χ2n) is 6.71. The van der Waals surface area contributed by atoms with Gasteiger partial charge in [-0.1, -0.05) is 74.1 Å². The van der Waals surface area contributed by atoms with Gasteiger partial charge in [-0.25, -0.2) is 0 Å². The molecule has 0 spiro atoms. The summed E-state index contributed by atoms with van der Waals surface area (Å²) in [5.41, 5.74) is 7.16. The molecule has 26 heavy (non-hydrogen) atoms. The number of hydrogen-bond acceptors (Lipinski definition) is 2. The molecular formula is C24H23NS. The molecule has 1 aliphatic heterocycles. The Hall–Kier alpha value is -2.45. The topological polar surface area (TPSA) is 12.0 Å². The lowest BCUT2D eigenvalue weighted by atomic mass is 9.97. The van der Waals surface area contributed by atoms with E-state index in [0.29, 0.717) is 0 Å². The van der Waals surface area contributed by atoms with Crippen LogP contribution in [0.15, 0.2) is 83.1 Å². The Bertz CT molecular complexity index is 941. The van der Waals surface area contributed by atoms with Crippen molar-refractivity contribution in [1.29, 1.82) is 0 Å². The first kappa shape index (κ1) is 17.0. The Labute approximate surface area is 160 Å². The van der Waals surface area contributed by atoms with Gasteiger partial charge < -0.3 is 5.32 Å². The lowest BCUT2D eigenvalue weighted by Gasteiger charge is -2.21. The lowest BCUT2D eigenvalue weighted by Crippen LogP contribution is -2.00. The highest BCUT2D eigenvalue weighted by Gasteiger charge is 2.16. The number of rotatable bonds is 5. The normalized spacial score (nSPS) is 12.0. The Kier molecular flexibility index (Phi) is 4.85. The maximum atomic E-state index is 4.35. The Morgan fingerprint density at radius 2 is 1.62 bits per heavy atom. The van der Waals surface area contributed by atoms with Crippen molar-refractivity contribution in [1.82, 2.24) is 0 Å². The van der Waals surface area contributed by atoms with E-state index < -0.39 is 0 Å². The third-order valence-electron chi connectivity index (χ3n) is 4.83. The van der Waals surface area contributed by atoms with Gasteiger partial charge in [0, 0.05) is 9.79 Å². The van der Waals surface area contributed by atoms with Crippen molar-refractivity contribution >= 4 is 28.7 Å². The van der Waals surface area contributed by atoms with Crippen LogP contribution in [0, 0.1) is 0 Å². The first-order valence-electron chi connectivity index (χ1n) is 9.21. The van der Waals surface area contributed by atoms with Crippen molar-refractivity contribution in [3.05, 3.63) is 90.0 Å². The van der Waals surface area contributed by atoms with Crippen LogP contribution in [-0.4, -0.2) is 0 Å². The second-order valence-corrected chi connectivity index (χ2v) is 7.80. The number of anilines is 2. The molecule has 2 heteroatoms. The van der Waals surface area contributed by atoms with E-state index in [4.69, 9.17) is 0 Å². The fraction of sp³-hybridized carbons (Fsp3) is 0.167. The zero-order chi connectivity index (χ0) is 17.9. The molecule has 1 heterocycles. The number of nitrogens with one attached hydrogen (secondary N) is 1. The molecule has 1 aliphatic rings. The molecule has 0 amide bonds. The van der Waals surface area contributed by atoms with E-state index >= 15 is 0 Å². The van der Waals surface area contributed by atoms with Crippen LogP contribution in [0.1, 0.15) is 36.5 Å². The van der Waals surface area contributed by atoms with E-state index in [2.05, 4.69) is 85.5 Å². The average molecular weight is 358 g/mol. The maximum Gasteiger partial charge on any atom is 0.0532 e. The van der Waals surface area contributed by atoms with E-state index in [1.165, 1.54) is 39.4 Å². The first-order chi connectivity index (χ1) is 12.7. The number of unbranched alkanes of at least 4 members (excludes halogenated alkanes) is 1. The fourth-order valence-electron chi connectivity index (χ4n) is 3.25. The lowest BCUT2D eigenvalue weighted by molar-refractivity contribution is 0.795. The number of hydrogen-bond donors (Lipinski definition) is 1. The smallest absolute Gasteiger partial charge is 0.0532 e. The molecule has 0 unspecified atom stereocenters. The van der Waals surface area contributed by atoms with Crippen LogP contribution in [0.5, 0.6) is 0 Å². The van der Waals surface area contributed by atoms with Crippen molar-refractivity contribution in [3.8, 4) is 0 Å². The standard InChI is InChI=1S/C24H23NS/c1-3-4-7-18-10-12-19(13-11-18)17(2)20-14-15-24-22(16-20)25-21-8-5-6-9-23(21)26-24/h5-6,8-16,25H,2-4,7H2,1H3. The van der Waals surface area contributed by atoms with Crippen molar-refractivity contribution in [2.45, 2.75) is 36.0 Å². The zero-order valence-corrected chi connectivity index (χ0v) is 15.9. The molecule has 3 aromatic carbocycles. The molecule has 4 rings (SSSR count). The van der Waals surface area contributed by atoms with E-state index in [1.807, 2.05) is 11.8 Å². The molecule has 0 saturated heterocycles. The predicted molar refractivity (Wildman–Crippen MR) is 113 cm³/mol. The van der Waals surface area contributed by atoms with Gasteiger partial charge in [-0.2, -0.15) is 0 Å². The molecule has 0 radical (unpaired) electrons. The molecule has 0 aromatic heterocycles. The highest BCUT2D eigenvalue weighted by atomic mass is 32.2. The quantitative estimate of drug-likeness (QED) is 0.402. The molecule has 0 aliphatic carbocycles. The summed E-state index contributed by atoms with van der Waals surface area (Å²) in [4.78, 5) is 2.53. The third kappa shape index (κ3) is 3.42. The van der Waals surface area contributed by atoms with Gasteiger partial charge >= 0.3 is 0 Å². The molecular weight excluding hydrogens is 334 g/mol. The summed E-state index contributed by atoms with van der Waals surface area (Å²) in [7, 11) is 0. The minimum absolute atomic E-state index is 1.07. The van der Waals surface area contributed by atoms with Crippen LogP contribution in [0.2, 0.25) is 0 Å². The van der Waals surface area contributed by atoms with Crippen molar-refractivity contribution in [2.75, 3.05) is 5.32 Å². The van der Waals surface area contributed by atoms with Crippen LogP contribution < -0.4 is 5.32 Å². The maximum absolute atomic E-state index is 4.35. The minimum atomic E-state index is 1.07. The number of benzene rings is 3. The molecule has 0 fully saturated rings. The molecule has 130 valence electrons. The monoisotopic (exact) mass is 357 g/mol. The van der Waals surface area contributed by atoms with Gasteiger partial charge in [0.1, 0.15) is 0 Å². The zero-order valence-electron chi connectivity index (χ0n) is 15.1. The van der Waals surface area contributed by atoms with Crippen LogP contribution in [0.3, 0.4) is 0 Å². The highest BCUT2D eigenvalue weighted by molar-refractivity contribution is 7.99. The Morgan fingerprint density at radius 1 is 0.885 bits per heavy atom. The average Bonchev–Trinajstić information content (AvgIpc) is 2.70. The summed E-state index contributed by atoms with van der Waals surface area (Å²) < 4.78 is 0. The minimum Gasteiger partial charge on any atom is -0.354 e. The summed E-state index contributed by atoms with van der Waals surface area (Å²) >= 11 is 1.82. The summed E-state index contributed by atoms with van der Waals surface area (Å²) in [5.74, 6) is 0. The van der Waals surface area contributed by atoms with Gasteiger partial charge in [-0.3, -0.25) is 0 Å². The third-order valence-corrected chi connectivity index (χ3v) is 5.98. The summed E-state index contributed by atoms with van der Waals surface area (Å²) in [5, 5.41) is 3.56. The molecule has 1 N–H and O–H groups in total. The highest BCUT2D eigenvalue weighted by Crippen LogP contribution is 2.44. The first-order valence-corrected chi connectivity index (χ1v) is 10.0. The second kappa shape index (κ2) is 7.43. The van der Waals surface area contributed by atoms with Gasteiger partial charge in [0.2, 0.25) is 0 Å². The van der Waals surface area contributed by atoms with Gasteiger partial charge in [0.25, 0.3) is 0 Å². The van der Waals surface area contributed by atoms with Crippen LogP contribution in [0.4, 0.5) is 11.4 Å². The van der Waals surface area contributed by atoms with Crippen molar-refractivity contribution in [2.24, 2.45) is 0 Å². The Morgan fingerprint density at radius 3 is 2.42 bits per heavy atom. The van der Waals surface area contributed by atoms with Gasteiger partial charge in [0.15, 0.2) is 0 Å². The van der Waals surface area contributed by atoms with Crippen molar-refractivity contribution < 1.29 is 0 Å². The summed E-state index contributed by atoms with van der Waals surface area (Å²) in [6.07, 6.45) is 3.64. The molecule has 3 aromatic rings. The summed E-state index contributed by atoms with van der Waals surface area (Å²) in [6.45, 7) is 6.58. The van der Waals surface area contributed by atoms with E-state index in [9.17, 15) is 0 Å². The van der Waals surface area contributed by atoms with Gasteiger partial charge in [-0.05, 0) is 59.4 Å². The van der Waals surface area contributed by atoms with Gasteiger partial charge in [-0.15, -0.1) is 0 Å². The van der Waals surface area contributed by atoms with E-state index in [0.717, 1.165) is 23.2 Å². The van der Waals surface area contributed by atoms with Crippen molar-refractivity contribution in [3.63, 3.8) is 0 Å². The largest absolute Gasteiger partial charge is 0.354 e. The van der Waals surface area contributed by atoms with Gasteiger partial charge in [0.05, 0.1) is 11.4 Å². The molecule has 0 atom stereocenters. The SMILES string of the molecule is C=C(c1ccc(CCCC)cc1)c1ccc2c(c1)Nc1ccccc1S2. The summed E-state index contributed by atoms with van der Waals surface area (Å²) in [6, 6.07) is 23.9. The number of para-hydroxylation sites is 1. The fourth-order valence-corrected chi connectivity index (χ4v) is 4.22. The van der Waals surface area contributed by atoms with E-state index in [-0.39, 0.29) is 0 Å². The molecule has 1 nitrogen and oxygen atoms in total. The molecule has 0 saturated carbocycles. The van der Waals surface area contributed by atoms with Crippen LogP contribution in [0.25, 0.3) is 5.57 Å². The Balaban J connectivity index is 1.56. The number of fused-ring (bicyclic) bond motifs is 2. The molecule has 0 bridgehead atoms. The van der Waals surface area contributed by atoms with Crippen LogP contribution in [-0.2, 0) is 6.42 Å². The predicted octanol–water partition coefficient (Wildman–Crippen LogP) is 7.30.